The van der Waals surface area contributed by atoms with E-state index in [9.17, 15) is 0 Å². The van der Waals surface area contributed by atoms with Gasteiger partial charge in [-0.25, -0.2) is 14.6 Å². The van der Waals surface area contributed by atoms with Crippen molar-refractivity contribution in [2.24, 2.45) is 0 Å². The first-order valence-corrected chi connectivity index (χ1v) is 5.92. The van der Waals surface area contributed by atoms with Gasteiger partial charge in [0.15, 0.2) is 5.65 Å². The predicted octanol–water partition coefficient (Wildman–Crippen LogP) is 0.857. The molecule has 1 aliphatic heterocycles. The van der Waals surface area contributed by atoms with Gasteiger partial charge in [0.05, 0.1) is 5.39 Å². The molecule has 2 aromatic rings. The van der Waals surface area contributed by atoms with Crippen LogP contribution in [0.4, 0.5) is 5.82 Å². The number of ether oxygens (including phenoxy) is 2. The van der Waals surface area contributed by atoms with Crippen LogP contribution in [-0.4, -0.2) is 26.0 Å². The molecule has 8 heteroatoms. The Morgan fingerprint density at radius 2 is 2.12 bits per heavy atom. The maximum absolute atomic E-state index is 5.79. The smallest absolute Gasteiger partial charge is 0.259 e. The molecule has 3 rings (SSSR count). The maximum atomic E-state index is 5.79. The van der Waals surface area contributed by atoms with Crippen molar-refractivity contribution in [3.05, 3.63) is 22.6 Å². The lowest BCUT2D eigenvalue weighted by Crippen LogP contribution is -2.18. The molecule has 0 saturated heterocycles. The highest BCUT2D eigenvalue weighted by molar-refractivity contribution is 14.1. The Morgan fingerprint density at radius 3 is 2.88 bits per heavy atom. The molecule has 2 N–H and O–H groups in total. The summed E-state index contributed by atoms with van der Waals surface area (Å²) in [6, 6.07) is 0. The molecule has 2 aromatic heterocycles. The Hall–Kier alpha value is -1.58. The monoisotopic (exact) mass is 345 g/mol. The molecule has 0 fully saturated rings. The number of rotatable bonds is 2. The summed E-state index contributed by atoms with van der Waals surface area (Å²) in [5.41, 5.74) is 6.48. The molecule has 0 unspecified atom stereocenters. The van der Waals surface area contributed by atoms with Crippen molar-refractivity contribution in [1.82, 2.24) is 19.7 Å². The molecule has 17 heavy (non-hydrogen) atoms. The van der Waals surface area contributed by atoms with E-state index in [-0.39, 0.29) is 6.29 Å². The van der Waals surface area contributed by atoms with Crippen LogP contribution < -0.4 is 5.73 Å². The minimum atomic E-state index is -0.370. The van der Waals surface area contributed by atoms with E-state index in [0.29, 0.717) is 18.0 Å². The molecule has 0 aliphatic carbocycles. The third-order valence-electron chi connectivity index (χ3n) is 2.35. The summed E-state index contributed by atoms with van der Waals surface area (Å²) in [5.74, 6) is 0.428. The zero-order valence-electron chi connectivity index (χ0n) is 8.58. The molecule has 0 saturated carbocycles. The summed E-state index contributed by atoms with van der Waals surface area (Å²) in [7, 11) is 0. The summed E-state index contributed by atoms with van der Waals surface area (Å²) in [6.45, 7) is 0.447. The van der Waals surface area contributed by atoms with Crippen molar-refractivity contribution in [3.8, 4) is 0 Å². The minimum Gasteiger partial charge on any atom is -0.457 e. The van der Waals surface area contributed by atoms with Gasteiger partial charge >= 0.3 is 0 Å². The Bertz CT molecular complexity index is 588. The summed E-state index contributed by atoms with van der Waals surface area (Å²) >= 11 is 2.10. The highest BCUT2D eigenvalue weighted by atomic mass is 127. The van der Waals surface area contributed by atoms with Gasteiger partial charge in [0, 0.05) is 0 Å². The van der Waals surface area contributed by atoms with Crippen molar-refractivity contribution < 1.29 is 9.47 Å². The molecule has 7 nitrogen and oxygen atoms in total. The van der Waals surface area contributed by atoms with Crippen molar-refractivity contribution in [3.63, 3.8) is 0 Å². The van der Waals surface area contributed by atoms with Gasteiger partial charge in [-0.05, 0) is 22.6 Å². The van der Waals surface area contributed by atoms with E-state index < -0.39 is 0 Å². The number of nitrogens with two attached hydrogens (primary N) is 1. The number of aromatic nitrogens is 4. The first-order chi connectivity index (χ1) is 8.25. The molecule has 1 aliphatic rings. The number of nitrogen functional groups attached to an aromatic ring is 1. The predicted molar refractivity (Wildman–Crippen MR) is 67.6 cm³/mol. The maximum Gasteiger partial charge on any atom is 0.259 e. The second-order valence-corrected chi connectivity index (χ2v) is 4.43. The van der Waals surface area contributed by atoms with Crippen LogP contribution in [0.15, 0.2) is 18.9 Å². The van der Waals surface area contributed by atoms with E-state index in [1.807, 2.05) is 0 Å². The van der Waals surface area contributed by atoms with Gasteiger partial charge in [0.25, 0.3) is 6.29 Å². The molecule has 0 spiro atoms. The van der Waals surface area contributed by atoms with E-state index >= 15 is 0 Å². The van der Waals surface area contributed by atoms with Crippen LogP contribution in [0, 0.1) is 3.70 Å². The van der Waals surface area contributed by atoms with E-state index in [0.717, 1.165) is 9.09 Å². The van der Waals surface area contributed by atoms with Crippen LogP contribution in [0.3, 0.4) is 0 Å². The van der Waals surface area contributed by atoms with Crippen LogP contribution in [-0.2, 0) is 16.0 Å². The number of halogens is 1. The highest BCUT2D eigenvalue weighted by Crippen LogP contribution is 2.23. The second-order valence-electron chi connectivity index (χ2n) is 3.40. The first kappa shape index (κ1) is 10.6. The number of nitrogens with zero attached hydrogens (tertiary/aromatic N) is 4. The SMILES string of the molecule is Nc1ncnc2c1c(I)nn2CC1OC=CO1. The van der Waals surface area contributed by atoms with Crippen LogP contribution in [0.2, 0.25) is 0 Å². The second kappa shape index (κ2) is 4.02. The Kier molecular flexibility index (Phi) is 2.50. The molecule has 0 radical (unpaired) electrons. The fourth-order valence-electron chi connectivity index (χ4n) is 1.61. The summed E-state index contributed by atoms with van der Waals surface area (Å²) in [4.78, 5) is 8.12. The lowest BCUT2D eigenvalue weighted by atomic mass is 10.4. The minimum absolute atomic E-state index is 0.370. The molecular weight excluding hydrogens is 337 g/mol. The van der Waals surface area contributed by atoms with Gasteiger partial charge < -0.3 is 15.2 Å². The average Bonchev–Trinajstić information content (AvgIpc) is 2.90. The van der Waals surface area contributed by atoms with E-state index in [2.05, 4.69) is 37.7 Å². The van der Waals surface area contributed by atoms with Gasteiger partial charge in [-0.2, -0.15) is 5.10 Å². The van der Waals surface area contributed by atoms with Gasteiger partial charge in [-0.1, -0.05) is 0 Å². The highest BCUT2D eigenvalue weighted by Gasteiger charge is 2.19. The summed E-state index contributed by atoms with van der Waals surface area (Å²) in [5, 5.41) is 5.11. The molecule has 0 amide bonds. The van der Waals surface area contributed by atoms with Crippen molar-refractivity contribution in [2.75, 3.05) is 5.73 Å². The van der Waals surface area contributed by atoms with Crippen molar-refractivity contribution in [2.45, 2.75) is 12.8 Å². The molecule has 88 valence electrons. The molecule has 0 atom stereocenters. The largest absolute Gasteiger partial charge is 0.457 e. The van der Waals surface area contributed by atoms with Crippen LogP contribution in [0.25, 0.3) is 11.0 Å². The number of anilines is 1. The van der Waals surface area contributed by atoms with Crippen LogP contribution in [0.5, 0.6) is 0 Å². The Morgan fingerprint density at radius 1 is 1.35 bits per heavy atom. The van der Waals surface area contributed by atoms with E-state index in [4.69, 9.17) is 15.2 Å². The fraction of sp³-hybridized carbons (Fsp3) is 0.222. The Balaban J connectivity index is 2.02. The van der Waals surface area contributed by atoms with Crippen molar-refractivity contribution >= 4 is 39.4 Å². The van der Waals surface area contributed by atoms with Crippen molar-refractivity contribution in [1.29, 1.82) is 0 Å². The molecular formula is C9H8IN5O2. The zero-order valence-corrected chi connectivity index (χ0v) is 10.7. The number of hydrogen-bond acceptors (Lipinski definition) is 6. The van der Waals surface area contributed by atoms with Gasteiger partial charge in [-0.3, -0.25) is 0 Å². The quantitative estimate of drug-likeness (QED) is 0.813. The standard InChI is InChI=1S/C9H8IN5O2/c10-7-6-8(11)12-4-13-9(6)15(14-7)3-5-16-1-2-17-5/h1-2,4-5H,3H2,(H2,11,12,13). The first-order valence-electron chi connectivity index (χ1n) is 4.84. The zero-order chi connectivity index (χ0) is 11.8. The lowest BCUT2D eigenvalue weighted by molar-refractivity contribution is -0.0357. The third-order valence-corrected chi connectivity index (χ3v) is 3.11. The van der Waals surface area contributed by atoms with Gasteiger partial charge in [0.1, 0.15) is 34.9 Å². The normalized spacial score (nSPS) is 15.1. The topological polar surface area (TPSA) is 88.1 Å². The van der Waals surface area contributed by atoms with Crippen LogP contribution >= 0.6 is 22.6 Å². The summed E-state index contributed by atoms with van der Waals surface area (Å²) in [6.07, 6.45) is 4.06. The fourth-order valence-corrected chi connectivity index (χ4v) is 2.39. The van der Waals surface area contributed by atoms with E-state index in [1.54, 1.807) is 4.68 Å². The molecule has 3 heterocycles. The molecule has 0 bridgehead atoms. The van der Waals surface area contributed by atoms with E-state index in [1.165, 1.54) is 18.9 Å². The van der Waals surface area contributed by atoms with Gasteiger partial charge in [-0.15, -0.1) is 0 Å². The number of fused-ring (bicyclic) bond motifs is 1. The van der Waals surface area contributed by atoms with Gasteiger partial charge in [0.2, 0.25) is 0 Å². The van der Waals surface area contributed by atoms with Crippen LogP contribution in [0.1, 0.15) is 0 Å². The lowest BCUT2D eigenvalue weighted by Gasteiger charge is -2.10. The Labute approximate surface area is 110 Å². The summed E-state index contributed by atoms with van der Waals surface area (Å²) < 4.78 is 12.9. The average molecular weight is 345 g/mol. The third kappa shape index (κ3) is 1.77. The number of hydrogen-bond donors (Lipinski definition) is 1. The molecule has 0 aromatic carbocycles.